The van der Waals surface area contributed by atoms with Crippen molar-refractivity contribution in [3.63, 3.8) is 0 Å². The molecule has 2 amide bonds. The zero-order valence-corrected chi connectivity index (χ0v) is 13.4. The van der Waals surface area contributed by atoms with E-state index in [4.69, 9.17) is 4.84 Å². The highest BCUT2D eigenvalue weighted by Gasteiger charge is 2.33. The number of carbonyl (C=O) groups excluding carboxylic acids is 3. The van der Waals surface area contributed by atoms with E-state index < -0.39 is 17.9 Å². The fraction of sp³-hybridized carbons (Fsp3) is 0.471. The summed E-state index contributed by atoms with van der Waals surface area (Å²) in [6, 6.07) is 7.31. The minimum atomic E-state index is -0.883. The highest BCUT2D eigenvalue weighted by Crippen LogP contribution is 2.23. The van der Waals surface area contributed by atoms with E-state index in [0.29, 0.717) is 10.6 Å². The Morgan fingerprint density at radius 2 is 1.59 bits per heavy atom. The molecule has 0 radical (unpaired) electrons. The predicted molar refractivity (Wildman–Crippen MR) is 81.1 cm³/mol. The standard InChI is InChI=1S/C17H21NO4/c1-11(22-18-14(19)9-10-15(18)20)16(21)12-5-7-13(8-6-12)17(2,3)4/h5-8,11H,9-10H2,1-4H3. The van der Waals surface area contributed by atoms with Crippen LogP contribution in [0.15, 0.2) is 24.3 Å². The van der Waals surface area contributed by atoms with Crippen LogP contribution in [0.4, 0.5) is 0 Å². The number of ketones is 1. The minimum Gasteiger partial charge on any atom is -0.291 e. The van der Waals surface area contributed by atoms with Gasteiger partial charge < -0.3 is 0 Å². The largest absolute Gasteiger partial charge is 0.291 e. The van der Waals surface area contributed by atoms with Crippen LogP contribution in [-0.4, -0.2) is 28.8 Å². The molecule has 0 spiro atoms. The van der Waals surface area contributed by atoms with Crippen molar-refractivity contribution in [3.05, 3.63) is 35.4 Å². The van der Waals surface area contributed by atoms with Gasteiger partial charge in [-0.2, -0.15) is 5.06 Å². The van der Waals surface area contributed by atoms with Gasteiger partial charge in [-0.15, -0.1) is 0 Å². The number of Topliss-reactive ketones (excluding diaryl/α,β-unsaturated/α-hetero) is 1. The fourth-order valence-corrected chi connectivity index (χ4v) is 2.25. The summed E-state index contributed by atoms with van der Waals surface area (Å²) in [4.78, 5) is 40.6. The molecule has 0 aromatic heterocycles. The van der Waals surface area contributed by atoms with Crippen LogP contribution in [0.2, 0.25) is 0 Å². The smallest absolute Gasteiger partial charge is 0.254 e. The lowest BCUT2D eigenvalue weighted by Gasteiger charge is -2.20. The Labute approximate surface area is 130 Å². The van der Waals surface area contributed by atoms with Gasteiger partial charge in [0.15, 0.2) is 5.78 Å². The average molecular weight is 303 g/mol. The zero-order valence-electron chi connectivity index (χ0n) is 13.4. The number of hydrogen-bond donors (Lipinski definition) is 0. The van der Waals surface area contributed by atoms with Gasteiger partial charge in [-0.05, 0) is 17.9 Å². The van der Waals surface area contributed by atoms with E-state index >= 15 is 0 Å². The van der Waals surface area contributed by atoms with Crippen molar-refractivity contribution in [1.29, 1.82) is 0 Å². The molecule has 0 bridgehead atoms. The second-order valence-electron chi connectivity index (χ2n) is 6.52. The van der Waals surface area contributed by atoms with Gasteiger partial charge in [-0.25, -0.2) is 0 Å². The van der Waals surface area contributed by atoms with Crippen molar-refractivity contribution in [2.75, 3.05) is 0 Å². The second-order valence-corrected chi connectivity index (χ2v) is 6.52. The van der Waals surface area contributed by atoms with Crippen LogP contribution in [0.1, 0.15) is 56.5 Å². The van der Waals surface area contributed by atoms with Gasteiger partial charge in [0.1, 0.15) is 6.10 Å². The maximum atomic E-state index is 12.3. The molecule has 0 saturated carbocycles. The van der Waals surface area contributed by atoms with E-state index in [2.05, 4.69) is 20.8 Å². The first-order valence-electron chi connectivity index (χ1n) is 7.37. The highest BCUT2D eigenvalue weighted by atomic mass is 16.7. The van der Waals surface area contributed by atoms with E-state index in [1.165, 1.54) is 0 Å². The first-order chi connectivity index (χ1) is 10.2. The summed E-state index contributed by atoms with van der Waals surface area (Å²) in [5.41, 5.74) is 1.64. The fourth-order valence-electron chi connectivity index (χ4n) is 2.25. The lowest BCUT2D eigenvalue weighted by molar-refractivity contribution is -0.194. The number of amides is 2. The SMILES string of the molecule is CC(ON1C(=O)CCC1=O)C(=O)c1ccc(C(C)(C)C)cc1. The third kappa shape index (κ3) is 3.42. The van der Waals surface area contributed by atoms with Crippen molar-refractivity contribution >= 4 is 17.6 Å². The second kappa shape index (κ2) is 6.01. The van der Waals surface area contributed by atoms with Crippen LogP contribution in [0.25, 0.3) is 0 Å². The number of hydrogen-bond acceptors (Lipinski definition) is 4. The van der Waals surface area contributed by atoms with Crippen molar-refractivity contribution in [3.8, 4) is 0 Å². The Bertz CT molecular complexity index is 582. The van der Waals surface area contributed by atoms with Crippen LogP contribution in [0, 0.1) is 0 Å². The molecule has 2 rings (SSSR count). The molecule has 1 unspecified atom stereocenters. The Morgan fingerprint density at radius 1 is 1.09 bits per heavy atom. The van der Waals surface area contributed by atoms with Crippen LogP contribution in [0.5, 0.6) is 0 Å². The number of carbonyl (C=O) groups is 3. The number of hydroxylamine groups is 2. The maximum Gasteiger partial charge on any atom is 0.254 e. The Morgan fingerprint density at radius 3 is 2.05 bits per heavy atom. The number of benzene rings is 1. The predicted octanol–water partition coefficient (Wildman–Crippen LogP) is 2.64. The summed E-state index contributed by atoms with van der Waals surface area (Å²) >= 11 is 0. The molecular weight excluding hydrogens is 282 g/mol. The Balaban J connectivity index is 2.07. The first-order valence-corrected chi connectivity index (χ1v) is 7.37. The van der Waals surface area contributed by atoms with E-state index in [9.17, 15) is 14.4 Å². The van der Waals surface area contributed by atoms with Gasteiger partial charge in [0.05, 0.1) is 0 Å². The van der Waals surface area contributed by atoms with Gasteiger partial charge >= 0.3 is 0 Å². The normalized spacial score (nSPS) is 17.0. The van der Waals surface area contributed by atoms with Gasteiger partial charge in [0.25, 0.3) is 11.8 Å². The summed E-state index contributed by atoms with van der Waals surface area (Å²) in [5, 5.41) is 0.714. The van der Waals surface area contributed by atoms with Crippen molar-refractivity contribution in [1.82, 2.24) is 5.06 Å². The average Bonchev–Trinajstić information content (AvgIpc) is 2.77. The monoisotopic (exact) mass is 303 g/mol. The van der Waals surface area contributed by atoms with E-state index in [1.807, 2.05) is 12.1 Å². The molecule has 1 aliphatic rings. The van der Waals surface area contributed by atoms with Crippen molar-refractivity contribution < 1.29 is 19.2 Å². The van der Waals surface area contributed by atoms with Crippen LogP contribution in [-0.2, 0) is 19.8 Å². The van der Waals surface area contributed by atoms with Crippen molar-refractivity contribution in [2.45, 2.75) is 52.1 Å². The molecule has 0 aliphatic carbocycles. The maximum absolute atomic E-state index is 12.3. The van der Waals surface area contributed by atoms with Gasteiger partial charge in [-0.1, -0.05) is 45.0 Å². The molecule has 1 fully saturated rings. The summed E-state index contributed by atoms with van der Waals surface area (Å²) in [6.45, 7) is 7.83. The van der Waals surface area contributed by atoms with E-state index in [0.717, 1.165) is 5.56 Å². The molecule has 1 atom stereocenters. The molecule has 1 heterocycles. The molecule has 1 aliphatic heterocycles. The molecule has 5 heteroatoms. The molecule has 22 heavy (non-hydrogen) atoms. The molecule has 5 nitrogen and oxygen atoms in total. The van der Waals surface area contributed by atoms with Gasteiger partial charge in [0, 0.05) is 18.4 Å². The highest BCUT2D eigenvalue weighted by molar-refractivity contribution is 6.02. The van der Waals surface area contributed by atoms with Crippen molar-refractivity contribution in [2.24, 2.45) is 0 Å². The molecule has 1 aromatic rings. The van der Waals surface area contributed by atoms with Gasteiger partial charge in [0.2, 0.25) is 0 Å². The summed E-state index contributed by atoms with van der Waals surface area (Å²) in [6.07, 6.45) is -0.605. The molecule has 118 valence electrons. The van der Waals surface area contributed by atoms with E-state index in [1.54, 1.807) is 19.1 Å². The Hall–Kier alpha value is -2.01. The molecule has 1 saturated heterocycles. The first kappa shape index (κ1) is 16.4. The van der Waals surface area contributed by atoms with Crippen LogP contribution in [0.3, 0.4) is 0 Å². The number of rotatable bonds is 4. The molecule has 1 aromatic carbocycles. The summed E-state index contributed by atoms with van der Waals surface area (Å²) in [7, 11) is 0. The van der Waals surface area contributed by atoms with Gasteiger partial charge in [-0.3, -0.25) is 19.2 Å². The lowest BCUT2D eigenvalue weighted by atomic mass is 9.86. The van der Waals surface area contributed by atoms with Crippen LogP contribution < -0.4 is 0 Å². The third-order valence-corrected chi connectivity index (χ3v) is 3.67. The topological polar surface area (TPSA) is 63.7 Å². The Kier molecular flexibility index (Phi) is 4.47. The summed E-state index contributed by atoms with van der Waals surface area (Å²) in [5.74, 6) is -1.05. The quantitative estimate of drug-likeness (QED) is 0.633. The van der Waals surface area contributed by atoms with Crippen LogP contribution >= 0.6 is 0 Å². The number of nitrogens with zero attached hydrogens (tertiary/aromatic N) is 1. The zero-order chi connectivity index (χ0) is 16.5. The lowest BCUT2D eigenvalue weighted by Crippen LogP contribution is -2.36. The third-order valence-electron chi connectivity index (χ3n) is 3.67. The van der Waals surface area contributed by atoms with E-state index in [-0.39, 0.29) is 24.0 Å². The molecular formula is C17H21NO4. The summed E-state index contributed by atoms with van der Waals surface area (Å²) < 4.78 is 0. The number of imide groups is 1. The molecule has 0 N–H and O–H groups in total. The minimum absolute atomic E-state index is 0.0120.